The van der Waals surface area contributed by atoms with Gasteiger partial charge in [-0.1, -0.05) is 27.7 Å². The molecule has 0 unspecified atom stereocenters. The highest BCUT2D eigenvalue weighted by Crippen LogP contribution is 2.71. The van der Waals surface area contributed by atoms with E-state index >= 15 is 0 Å². The maximum absolute atomic E-state index is 6.84. The van der Waals surface area contributed by atoms with Crippen LogP contribution >= 0.6 is 0 Å². The summed E-state index contributed by atoms with van der Waals surface area (Å²) in [6.07, 6.45) is 5.44. The molecule has 0 heterocycles. The fourth-order valence-corrected chi connectivity index (χ4v) is 5.37. The molecule has 0 bridgehead atoms. The van der Waals surface area contributed by atoms with Crippen molar-refractivity contribution in [3.05, 3.63) is 0 Å². The largest absolute Gasteiger partial charge is 0.325 e. The van der Waals surface area contributed by atoms with Crippen molar-refractivity contribution in [3.63, 3.8) is 0 Å². The van der Waals surface area contributed by atoms with Crippen molar-refractivity contribution in [2.75, 3.05) is 0 Å². The van der Waals surface area contributed by atoms with Crippen molar-refractivity contribution in [1.29, 1.82) is 0 Å². The van der Waals surface area contributed by atoms with E-state index in [9.17, 15) is 0 Å². The van der Waals surface area contributed by atoms with Gasteiger partial charge in [-0.25, -0.2) is 0 Å². The lowest BCUT2D eigenvalue weighted by molar-refractivity contribution is 0.160. The first kappa shape index (κ1) is 11.1. The summed E-state index contributed by atoms with van der Waals surface area (Å²) in [6.45, 7) is 9.80. The molecule has 0 aromatic carbocycles. The van der Waals surface area contributed by atoms with Crippen molar-refractivity contribution in [2.45, 2.75) is 58.9 Å². The molecule has 3 saturated carbocycles. The second kappa shape index (κ2) is 3.04. The van der Waals surface area contributed by atoms with Crippen LogP contribution in [0.15, 0.2) is 0 Å². The molecule has 0 saturated heterocycles. The Labute approximate surface area is 100 Å². The highest BCUT2D eigenvalue weighted by atomic mass is 14.9. The van der Waals surface area contributed by atoms with Crippen LogP contribution in [0.5, 0.6) is 0 Å². The van der Waals surface area contributed by atoms with Gasteiger partial charge in [-0.05, 0) is 60.7 Å². The second-order valence-corrected chi connectivity index (χ2v) is 7.59. The van der Waals surface area contributed by atoms with Gasteiger partial charge in [0.2, 0.25) is 0 Å². The minimum Gasteiger partial charge on any atom is -0.325 e. The SMILES string of the molecule is C[C@H]1CC[C@@]2(N)[C@H]1[C@@H]1[C@@H](CC[C@@H]2C)C1(C)C. The summed E-state index contributed by atoms with van der Waals surface area (Å²) in [4.78, 5) is 0. The van der Waals surface area contributed by atoms with Gasteiger partial charge in [-0.15, -0.1) is 0 Å². The van der Waals surface area contributed by atoms with Crippen LogP contribution in [0, 0.1) is 35.0 Å². The first-order valence-corrected chi connectivity index (χ1v) is 7.18. The summed E-state index contributed by atoms with van der Waals surface area (Å²) in [7, 11) is 0. The summed E-state index contributed by atoms with van der Waals surface area (Å²) in [5, 5.41) is 0. The Morgan fingerprint density at radius 1 is 1.00 bits per heavy atom. The topological polar surface area (TPSA) is 26.0 Å². The number of hydrogen-bond donors (Lipinski definition) is 1. The smallest absolute Gasteiger partial charge is 0.0214 e. The van der Waals surface area contributed by atoms with Crippen LogP contribution in [0.1, 0.15) is 53.4 Å². The van der Waals surface area contributed by atoms with Crippen LogP contribution in [-0.4, -0.2) is 5.54 Å². The molecule has 92 valence electrons. The van der Waals surface area contributed by atoms with Gasteiger partial charge in [0.1, 0.15) is 0 Å². The molecule has 3 fully saturated rings. The lowest BCUT2D eigenvalue weighted by atomic mass is 9.71. The predicted octanol–water partition coefficient (Wildman–Crippen LogP) is 3.43. The first-order valence-electron chi connectivity index (χ1n) is 7.18. The Morgan fingerprint density at radius 2 is 1.69 bits per heavy atom. The standard InChI is InChI=1S/C15H27N/c1-9-7-8-15(16)10(2)5-6-11-13(12(9)15)14(11,3)4/h9-13H,5-8,16H2,1-4H3/t9-,10-,11+,12+,13-,15-/m0/s1. The fraction of sp³-hybridized carbons (Fsp3) is 1.00. The van der Waals surface area contributed by atoms with Gasteiger partial charge in [-0.2, -0.15) is 0 Å². The van der Waals surface area contributed by atoms with Crippen LogP contribution < -0.4 is 5.73 Å². The minimum absolute atomic E-state index is 0.173. The molecule has 2 N–H and O–H groups in total. The monoisotopic (exact) mass is 221 g/mol. The third-order valence-corrected chi connectivity index (χ3v) is 6.62. The third kappa shape index (κ3) is 1.16. The van der Waals surface area contributed by atoms with E-state index < -0.39 is 0 Å². The summed E-state index contributed by atoms with van der Waals surface area (Å²) >= 11 is 0. The lowest BCUT2D eigenvalue weighted by Gasteiger charge is -2.39. The zero-order valence-electron chi connectivity index (χ0n) is 11.3. The van der Waals surface area contributed by atoms with E-state index in [4.69, 9.17) is 5.73 Å². The van der Waals surface area contributed by atoms with Crippen LogP contribution in [0.2, 0.25) is 0 Å². The molecular weight excluding hydrogens is 194 g/mol. The van der Waals surface area contributed by atoms with E-state index in [0.29, 0.717) is 5.41 Å². The number of rotatable bonds is 0. The molecule has 0 amide bonds. The van der Waals surface area contributed by atoms with Crippen molar-refractivity contribution in [2.24, 2.45) is 40.7 Å². The molecule has 0 aromatic heterocycles. The van der Waals surface area contributed by atoms with Gasteiger partial charge in [0.15, 0.2) is 0 Å². The summed E-state index contributed by atoms with van der Waals surface area (Å²) < 4.78 is 0. The summed E-state index contributed by atoms with van der Waals surface area (Å²) in [5.74, 6) is 4.32. The van der Waals surface area contributed by atoms with E-state index in [1.165, 1.54) is 25.7 Å². The molecule has 3 aliphatic carbocycles. The average molecular weight is 221 g/mol. The Kier molecular flexibility index (Phi) is 2.11. The van der Waals surface area contributed by atoms with Crippen molar-refractivity contribution >= 4 is 0 Å². The van der Waals surface area contributed by atoms with Gasteiger partial charge >= 0.3 is 0 Å². The van der Waals surface area contributed by atoms with E-state index in [2.05, 4.69) is 27.7 Å². The van der Waals surface area contributed by atoms with Gasteiger partial charge in [0.25, 0.3) is 0 Å². The molecule has 6 atom stereocenters. The van der Waals surface area contributed by atoms with Crippen LogP contribution in [0.3, 0.4) is 0 Å². The Balaban J connectivity index is 1.98. The normalized spacial score (nSPS) is 58.7. The Morgan fingerprint density at radius 3 is 2.38 bits per heavy atom. The minimum atomic E-state index is 0.173. The molecule has 0 aromatic rings. The van der Waals surface area contributed by atoms with Gasteiger partial charge in [-0.3, -0.25) is 0 Å². The third-order valence-electron chi connectivity index (χ3n) is 6.62. The summed E-state index contributed by atoms with van der Waals surface area (Å²) in [5.41, 5.74) is 7.60. The van der Waals surface area contributed by atoms with Gasteiger partial charge in [0, 0.05) is 5.54 Å². The molecule has 0 aliphatic heterocycles. The van der Waals surface area contributed by atoms with Gasteiger partial charge in [0.05, 0.1) is 0 Å². The van der Waals surface area contributed by atoms with E-state index in [1.807, 2.05) is 0 Å². The van der Waals surface area contributed by atoms with Crippen LogP contribution in [-0.2, 0) is 0 Å². The van der Waals surface area contributed by atoms with E-state index in [0.717, 1.165) is 29.6 Å². The van der Waals surface area contributed by atoms with Crippen molar-refractivity contribution < 1.29 is 0 Å². The first-order chi connectivity index (χ1) is 7.39. The number of nitrogens with two attached hydrogens (primary N) is 1. The van der Waals surface area contributed by atoms with Crippen LogP contribution in [0.25, 0.3) is 0 Å². The highest BCUT2D eigenvalue weighted by Gasteiger charge is 2.67. The van der Waals surface area contributed by atoms with Crippen molar-refractivity contribution in [3.8, 4) is 0 Å². The predicted molar refractivity (Wildman–Crippen MR) is 68.0 cm³/mol. The van der Waals surface area contributed by atoms with Crippen LogP contribution in [0.4, 0.5) is 0 Å². The van der Waals surface area contributed by atoms with Crippen molar-refractivity contribution in [1.82, 2.24) is 0 Å². The maximum atomic E-state index is 6.84. The quantitative estimate of drug-likeness (QED) is 0.666. The Bertz CT molecular complexity index is 309. The molecule has 0 spiro atoms. The molecule has 3 rings (SSSR count). The number of fused-ring (bicyclic) bond motifs is 3. The summed E-state index contributed by atoms with van der Waals surface area (Å²) in [6, 6.07) is 0. The molecule has 1 nitrogen and oxygen atoms in total. The Hall–Kier alpha value is -0.0400. The lowest BCUT2D eigenvalue weighted by Crippen LogP contribution is -2.51. The number of hydrogen-bond acceptors (Lipinski definition) is 1. The molecule has 1 heteroatoms. The van der Waals surface area contributed by atoms with E-state index in [-0.39, 0.29) is 5.54 Å². The molecule has 16 heavy (non-hydrogen) atoms. The maximum Gasteiger partial charge on any atom is 0.0214 e. The van der Waals surface area contributed by atoms with Gasteiger partial charge < -0.3 is 5.73 Å². The molecule has 3 aliphatic rings. The second-order valence-electron chi connectivity index (χ2n) is 7.59. The average Bonchev–Trinajstić information content (AvgIpc) is 2.64. The zero-order chi connectivity index (χ0) is 11.7. The van der Waals surface area contributed by atoms with E-state index in [1.54, 1.807) is 0 Å². The zero-order valence-corrected chi connectivity index (χ0v) is 11.3. The molecule has 0 radical (unpaired) electrons. The highest BCUT2D eigenvalue weighted by molar-refractivity contribution is 5.18. The fourth-order valence-electron chi connectivity index (χ4n) is 5.37. The molecular formula is C15H27N.